The average Bonchev–Trinajstić information content (AvgIpc) is 2.59. The van der Waals surface area contributed by atoms with Crippen molar-refractivity contribution in [2.45, 2.75) is 40.2 Å². The summed E-state index contributed by atoms with van der Waals surface area (Å²) in [6, 6.07) is 9.21. The number of hydrogen-bond acceptors (Lipinski definition) is 4. The first kappa shape index (κ1) is 21.2. The van der Waals surface area contributed by atoms with Gasteiger partial charge in [-0.1, -0.05) is 19.9 Å². The molecule has 1 atom stereocenters. The van der Waals surface area contributed by atoms with Gasteiger partial charge in [-0.2, -0.15) is 0 Å². The third-order valence-corrected chi connectivity index (χ3v) is 4.10. The van der Waals surface area contributed by atoms with Crippen molar-refractivity contribution in [1.82, 2.24) is 10.3 Å². The van der Waals surface area contributed by atoms with E-state index in [1.54, 1.807) is 6.20 Å². The molecule has 0 saturated carbocycles. The van der Waals surface area contributed by atoms with Gasteiger partial charge < -0.3 is 20.5 Å². The zero-order chi connectivity index (χ0) is 20.7. The molecule has 1 aromatic carbocycles. The van der Waals surface area contributed by atoms with E-state index >= 15 is 0 Å². The van der Waals surface area contributed by atoms with Crippen LogP contribution in [0.4, 0.5) is 10.6 Å². The number of carboxylic acid groups (broad SMARTS) is 1. The van der Waals surface area contributed by atoms with Gasteiger partial charge in [-0.25, -0.2) is 9.78 Å². The molecule has 3 N–H and O–H groups in total. The quantitative estimate of drug-likeness (QED) is 0.636. The Morgan fingerprint density at radius 3 is 2.50 bits per heavy atom. The second kappa shape index (κ2) is 9.73. The van der Waals surface area contributed by atoms with Gasteiger partial charge in [0.25, 0.3) is 0 Å². The number of nitrogens with zero attached hydrogens (tertiary/aromatic N) is 1. The van der Waals surface area contributed by atoms with Crippen LogP contribution in [0.25, 0.3) is 11.1 Å². The average molecular weight is 385 g/mol. The summed E-state index contributed by atoms with van der Waals surface area (Å²) in [5, 5.41) is 14.2. The van der Waals surface area contributed by atoms with Gasteiger partial charge in [0.15, 0.2) is 0 Å². The molecule has 1 heterocycles. The standard InChI is InChI=1S/C21H27N3O4/c1-13(2)9-18(24-21(26)27)12-28-19-6-5-16(10-14(19)3)17-7-8-22-20(11-17)23-15(4)25/h5-8,10-11,13,18,24H,9,12H2,1-4H3,(H,26,27)(H,22,23,25)/t18-/m0/s1. The Labute approximate surface area is 165 Å². The maximum absolute atomic E-state index is 11.2. The molecule has 0 unspecified atom stereocenters. The number of rotatable bonds is 8. The summed E-state index contributed by atoms with van der Waals surface area (Å²) in [6.07, 6.45) is 1.30. The molecule has 0 fully saturated rings. The maximum Gasteiger partial charge on any atom is 0.404 e. The summed E-state index contributed by atoms with van der Waals surface area (Å²) in [5.74, 6) is 1.39. The van der Waals surface area contributed by atoms with Crippen LogP contribution in [0.3, 0.4) is 0 Å². The minimum absolute atomic E-state index is 0.171. The Balaban J connectivity index is 2.11. The van der Waals surface area contributed by atoms with E-state index in [0.29, 0.717) is 23.9 Å². The van der Waals surface area contributed by atoms with Crippen LogP contribution in [-0.2, 0) is 4.79 Å². The number of aromatic nitrogens is 1. The molecular formula is C21H27N3O4. The van der Waals surface area contributed by atoms with E-state index in [-0.39, 0.29) is 18.6 Å². The summed E-state index contributed by atoms with van der Waals surface area (Å²) in [4.78, 5) is 26.3. The van der Waals surface area contributed by atoms with Crippen LogP contribution < -0.4 is 15.4 Å². The molecule has 0 aliphatic rings. The van der Waals surface area contributed by atoms with Gasteiger partial charge in [0.05, 0.1) is 6.04 Å². The fraction of sp³-hybridized carbons (Fsp3) is 0.381. The summed E-state index contributed by atoms with van der Waals surface area (Å²) < 4.78 is 5.87. The highest BCUT2D eigenvalue weighted by Gasteiger charge is 2.15. The van der Waals surface area contributed by atoms with Crippen LogP contribution in [0.1, 0.15) is 32.8 Å². The highest BCUT2D eigenvalue weighted by atomic mass is 16.5. The first-order valence-electron chi connectivity index (χ1n) is 9.21. The van der Waals surface area contributed by atoms with E-state index in [1.165, 1.54) is 6.92 Å². The molecule has 0 saturated heterocycles. The molecule has 7 nitrogen and oxygen atoms in total. The largest absolute Gasteiger partial charge is 0.491 e. The fourth-order valence-corrected chi connectivity index (χ4v) is 2.95. The van der Waals surface area contributed by atoms with Crippen molar-refractivity contribution in [3.05, 3.63) is 42.1 Å². The Morgan fingerprint density at radius 1 is 1.18 bits per heavy atom. The normalized spacial score (nSPS) is 11.8. The number of amides is 2. The molecule has 1 aromatic heterocycles. The van der Waals surface area contributed by atoms with Crippen LogP contribution in [0.15, 0.2) is 36.5 Å². The lowest BCUT2D eigenvalue weighted by Gasteiger charge is -2.20. The van der Waals surface area contributed by atoms with Crippen molar-refractivity contribution in [3.8, 4) is 16.9 Å². The van der Waals surface area contributed by atoms with Gasteiger partial charge >= 0.3 is 6.09 Å². The van der Waals surface area contributed by atoms with E-state index in [4.69, 9.17) is 9.84 Å². The molecule has 0 aliphatic heterocycles. The Kier molecular flexibility index (Phi) is 7.37. The minimum atomic E-state index is -1.05. The van der Waals surface area contributed by atoms with Crippen molar-refractivity contribution in [1.29, 1.82) is 0 Å². The predicted octanol–water partition coefficient (Wildman–Crippen LogP) is 4.08. The zero-order valence-electron chi connectivity index (χ0n) is 16.7. The van der Waals surface area contributed by atoms with Crippen molar-refractivity contribution in [3.63, 3.8) is 0 Å². The number of nitrogens with one attached hydrogen (secondary N) is 2. The van der Waals surface area contributed by atoms with Crippen molar-refractivity contribution in [2.75, 3.05) is 11.9 Å². The Hall–Kier alpha value is -3.09. The topological polar surface area (TPSA) is 101 Å². The molecule has 28 heavy (non-hydrogen) atoms. The zero-order valence-corrected chi connectivity index (χ0v) is 16.7. The highest BCUT2D eigenvalue weighted by Crippen LogP contribution is 2.27. The van der Waals surface area contributed by atoms with E-state index < -0.39 is 6.09 Å². The van der Waals surface area contributed by atoms with E-state index in [9.17, 15) is 9.59 Å². The second-order valence-corrected chi connectivity index (χ2v) is 7.18. The Bertz CT molecular complexity index is 836. The number of benzene rings is 1. The molecule has 150 valence electrons. The van der Waals surface area contributed by atoms with Crippen LogP contribution >= 0.6 is 0 Å². The lowest BCUT2D eigenvalue weighted by atomic mass is 10.0. The molecule has 2 amide bonds. The van der Waals surface area contributed by atoms with Crippen molar-refractivity contribution in [2.24, 2.45) is 5.92 Å². The molecule has 0 bridgehead atoms. The third kappa shape index (κ3) is 6.57. The van der Waals surface area contributed by atoms with E-state index in [0.717, 1.165) is 16.7 Å². The lowest BCUT2D eigenvalue weighted by molar-refractivity contribution is -0.114. The van der Waals surface area contributed by atoms with E-state index in [1.807, 2.05) is 51.1 Å². The SMILES string of the molecule is CC(=O)Nc1cc(-c2ccc(OC[C@H](CC(C)C)NC(=O)O)c(C)c2)ccn1. The molecule has 2 rings (SSSR count). The number of hydrogen-bond donors (Lipinski definition) is 3. The summed E-state index contributed by atoms with van der Waals surface area (Å²) >= 11 is 0. The first-order valence-corrected chi connectivity index (χ1v) is 9.21. The monoisotopic (exact) mass is 385 g/mol. The molecule has 7 heteroatoms. The molecule has 0 aliphatic carbocycles. The summed E-state index contributed by atoms with van der Waals surface area (Å²) in [7, 11) is 0. The fourth-order valence-electron chi connectivity index (χ4n) is 2.95. The number of ether oxygens (including phenoxy) is 1. The highest BCUT2D eigenvalue weighted by molar-refractivity contribution is 5.88. The van der Waals surface area contributed by atoms with Gasteiger partial charge in [0.2, 0.25) is 5.91 Å². The number of carbonyl (C=O) groups excluding carboxylic acids is 1. The molecule has 0 spiro atoms. The molecule has 0 radical (unpaired) electrons. The van der Waals surface area contributed by atoms with Gasteiger partial charge in [0.1, 0.15) is 18.2 Å². The smallest absolute Gasteiger partial charge is 0.404 e. The van der Waals surface area contributed by atoms with Gasteiger partial charge in [-0.15, -0.1) is 0 Å². The number of aryl methyl sites for hydroxylation is 1. The molecule has 2 aromatic rings. The first-order chi connectivity index (χ1) is 13.2. The predicted molar refractivity (Wildman–Crippen MR) is 109 cm³/mol. The van der Waals surface area contributed by atoms with Crippen molar-refractivity contribution >= 4 is 17.8 Å². The third-order valence-electron chi connectivity index (χ3n) is 4.10. The van der Waals surface area contributed by atoms with Gasteiger partial charge in [-0.3, -0.25) is 4.79 Å². The van der Waals surface area contributed by atoms with Crippen molar-refractivity contribution < 1.29 is 19.4 Å². The molecular weight excluding hydrogens is 358 g/mol. The van der Waals surface area contributed by atoms with Crippen LogP contribution in [0.5, 0.6) is 5.75 Å². The maximum atomic E-state index is 11.2. The van der Waals surface area contributed by atoms with Crippen LogP contribution in [-0.4, -0.2) is 34.7 Å². The van der Waals surface area contributed by atoms with Crippen LogP contribution in [0.2, 0.25) is 0 Å². The van der Waals surface area contributed by atoms with Gasteiger partial charge in [-0.05, 0) is 60.2 Å². The summed E-state index contributed by atoms with van der Waals surface area (Å²) in [5.41, 5.74) is 2.84. The van der Waals surface area contributed by atoms with E-state index in [2.05, 4.69) is 15.6 Å². The minimum Gasteiger partial charge on any atom is -0.491 e. The number of pyridine rings is 1. The van der Waals surface area contributed by atoms with Gasteiger partial charge in [0, 0.05) is 13.1 Å². The Morgan fingerprint density at radius 2 is 1.89 bits per heavy atom. The second-order valence-electron chi connectivity index (χ2n) is 7.18. The summed E-state index contributed by atoms with van der Waals surface area (Å²) in [6.45, 7) is 7.74. The lowest BCUT2D eigenvalue weighted by Crippen LogP contribution is -2.39. The number of carbonyl (C=O) groups is 2. The number of anilines is 1. The van der Waals surface area contributed by atoms with Crippen LogP contribution in [0, 0.1) is 12.8 Å².